The lowest BCUT2D eigenvalue weighted by Gasteiger charge is -2.07. The van der Waals surface area contributed by atoms with Gasteiger partial charge in [-0.1, -0.05) is 11.6 Å². The van der Waals surface area contributed by atoms with Crippen molar-refractivity contribution >= 4 is 21.6 Å². The van der Waals surface area contributed by atoms with Gasteiger partial charge in [-0.15, -0.1) is 0 Å². The Balaban J connectivity index is 3.07. The summed E-state index contributed by atoms with van der Waals surface area (Å²) in [4.78, 5) is 11.5. The molecule has 0 saturated carbocycles. The van der Waals surface area contributed by atoms with Crippen molar-refractivity contribution in [1.29, 1.82) is 0 Å². The first-order valence-corrected chi connectivity index (χ1v) is 6.84. The zero-order valence-corrected chi connectivity index (χ0v) is 11.3. The summed E-state index contributed by atoms with van der Waals surface area (Å²) >= 11 is 0. The minimum atomic E-state index is -3.78. The summed E-state index contributed by atoms with van der Waals surface area (Å²) in [6.45, 7) is 5.23. The molecule has 0 atom stereocenters. The molecule has 0 radical (unpaired) electrons. The van der Waals surface area contributed by atoms with E-state index in [1.54, 1.807) is 32.9 Å². The lowest BCUT2D eigenvalue weighted by molar-refractivity contribution is -0.111. The van der Waals surface area contributed by atoms with Gasteiger partial charge in [0.1, 0.15) is 0 Å². The second kappa shape index (κ2) is 5.32. The van der Waals surface area contributed by atoms with E-state index < -0.39 is 10.0 Å². The summed E-state index contributed by atoms with van der Waals surface area (Å²) in [6, 6.07) is 4.57. The first kappa shape index (κ1) is 14.4. The number of allylic oxidation sites excluding steroid dienone is 1. The smallest absolute Gasteiger partial charge is 0.248 e. The van der Waals surface area contributed by atoms with Crippen LogP contribution in [0.1, 0.15) is 19.4 Å². The molecule has 0 aliphatic carbocycles. The molecule has 5 nitrogen and oxygen atoms in total. The Morgan fingerprint density at radius 2 is 1.94 bits per heavy atom. The highest BCUT2D eigenvalue weighted by molar-refractivity contribution is 7.89. The highest BCUT2D eigenvalue weighted by Crippen LogP contribution is 2.18. The van der Waals surface area contributed by atoms with E-state index in [-0.39, 0.29) is 10.8 Å². The Morgan fingerprint density at radius 1 is 1.33 bits per heavy atom. The van der Waals surface area contributed by atoms with Crippen LogP contribution in [0.2, 0.25) is 0 Å². The topological polar surface area (TPSA) is 89.3 Å². The number of nitrogens with one attached hydrogen (secondary N) is 1. The highest BCUT2D eigenvalue weighted by Gasteiger charge is 2.12. The van der Waals surface area contributed by atoms with Crippen molar-refractivity contribution in [1.82, 2.24) is 0 Å². The summed E-state index contributed by atoms with van der Waals surface area (Å²) in [5, 5.41) is 7.66. The Labute approximate surface area is 107 Å². The number of anilines is 1. The third-order valence-corrected chi connectivity index (χ3v) is 3.23. The van der Waals surface area contributed by atoms with Crippen LogP contribution < -0.4 is 10.5 Å². The lowest BCUT2D eigenvalue weighted by Crippen LogP contribution is -2.15. The van der Waals surface area contributed by atoms with E-state index in [9.17, 15) is 13.2 Å². The van der Waals surface area contributed by atoms with E-state index in [0.717, 1.165) is 5.57 Å². The van der Waals surface area contributed by atoms with Gasteiger partial charge in [-0.2, -0.15) is 0 Å². The van der Waals surface area contributed by atoms with Gasteiger partial charge in [-0.25, -0.2) is 13.6 Å². The maximum Gasteiger partial charge on any atom is 0.248 e. The molecule has 0 aliphatic heterocycles. The number of sulfonamides is 1. The van der Waals surface area contributed by atoms with Crippen LogP contribution in [-0.4, -0.2) is 14.3 Å². The van der Waals surface area contributed by atoms with Crippen molar-refractivity contribution in [2.45, 2.75) is 25.7 Å². The predicted molar refractivity (Wildman–Crippen MR) is 70.6 cm³/mol. The van der Waals surface area contributed by atoms with Crippen LogP contribution in [-0.2, 0) is 14.8 Å². The molecule has 98 valence electrons. The molecular formula is C12H16N2O3S. The van der Waals surface area contributed by atoms with Gasteiger partial charge in [-0.3, -0.25) is 4.79 Å². The number of amides is 1. The SMILES string of the molecule is CC(C)=CC(=O)Nc1ccc(C)c(S(N)(=O)=O)c1. The molecule has 1 amide bonds. The molecule has 3 N–H and O–H groups in total. The van der Waals surface area contributed by atoms with Gasteiger partial charge < -0.3 is 5.32 Å². The fourth-order valence-electron chi connectivity index (χ4n) is 1.42. The molecule has 0 heterocycles. The first-order chi connectivity index (χ1) is 8.20. The van der Waals surface area contributed by atoms with Crippen LogP contribution in [0.4, 0.5) is 5.69 Å². The molecule has 0 fully saturated rings. The maximum absolute atomic E-state index is 11.5. The molecule has 0 spiro atoms. The van der Waals surface area contributed by atoms with Crippen molar-refractivity contribution in [3.05, 3.63) is 35.4 Å². The summed E-state index contributed by atoms with van der Waals surface area (Å²) in [5.41, 5.74) is 1.79. The Kier molecular flexibility index (Phi) is 4.26. The predicted octanol–water partition coefficient (Wildman–Crippen LogP) is 1.55. The Morgan fingerprint density at radius 3 is 2.44 bits per heavy atom. The molecule has 0 saturated heterocycles. The van der Waals surface area contributed by atoms with Gasteiger partial charge in [0.2, 0.25) is 15.9 Å². The van der Waals surface area contributed by atoms with Gasteiger partial charge in [0, 0.05) is 11.8 Å². The maximum atomic E-state index is 11.5. The molecule has 1 aromatic carbocycles. The van der Waals surface area contributed by atoms with E-state index in [0.29, 0.717) is 11.3 Å². The van der Waals surface area contributed by atoms with Crippen LogP contribution in [0.5, 0.6) is 0 Å². The number of rotatable bonds is 3. The second-order valence-electron chi connectivity index (χ2n) is 4.24. The lowest BCUT2D eigenvalue weighted by atomic mass is 10.2. The number of carbonyl (C=O) groups excluding carboxylic acids is 1. The average molecular weight is 268 g/mol. The zero-order chi connectivity index (χ0) is 13.9. The Hall–Kier alpha value is -1.66. The van der Waals surface area contributed by atoms with Crippen LogP contribution >= 0.6 is 0 Å². The van der Waals surface area contributed by atoms with Crippen molar-refractivity contribution < 1.29 is 13.2 Å². The van der Waals surface area contributed by atoms with Gasteiger partial charge in [-0.05, 0) is 38.5 Å². The fraction of sp³-hybridized carbons (Fsp3) is 0.250. The normalized spacial score (nSPS) is 10.9. The molecule has 1 rings (SSSR count). The van der Waals surface area contributed by atoms with Gasteiger partial charge >= 0.3 is 0 Å². The second-order valence-corrected chi connectivity index (χ2v) is 5.77. The molecule has 0 aliphatic rings. The van der Waals surface area contributed by atoms with E-state index in [1.807, 2.05) is 0 Å². The van der Waals surface area contributed by atoms with Crippen LogP contribution in [0.15, 0.2) is 34.7 Å². The number of primary sulfonamides is 1. The molecule has 1 aromatic rings. The summed E-state index contributed by atoms with van der Waals surface area (Å²) < 4.78 is 22.6. The van der Waals surface area contributed by atoms with E-state index in [2.05, 4.69) is 5.32 Å². The third kappa shape index (κ3) is 3.97. The monoisotopic (exact) mass is 268 g/mol. The first-order valence-electron chi connectivity index (χ1n) is 5.29. The molecule has 6 heteroatoms. The quantitative estimate of drug-likeness (QED) is 0.815. The van der Waals surface area contributed by atoms with Crippen molar-refractivity contribution in [2.24, 2.45) is 5.14 Å². The van der Waals surface area contributed by atoms with E-state index >= 15 is 0 Å². The van der Waals surface area contributed by atoms with Gasteiger partial charge in [0.05, 0.1) is 4.90 Å². The number of hydrogen-bond acceptors (Lipinski definition) is 3. The number of aryl methyl sites for hydroxylation is 1. The van der Waals surface area contributed by atoms with Crippen LogP contribution in [0.25, 0.3) is 0 Å². The van der Waals surface area contributed by atoms with Crippen molar-refractivity contribution in [3.8, 4) is 0 Å². The largest absolute Gasteiger partial charge is 0.322 e. The van der Waals surface area contributed by atoms with Crippen LogP contribution in [0, 0.1) is 6.92 Å². The number of nitrogens with two attached hydrogens (primary N) is 1. The molecule has 0 unspecified atom stereocenters. The molecule has 18 heavy (non-hydrogen) atoms. The zero-order valence-electron chi connectivity index (χ0n) is 10.5. The summed E-state index contributed by atoms with van der Waals surface area (Å²) in [5.74, 6) is -0.306. The number of benzene rings is 1. The third-order valence-electron chi connectivity index (χ3n) is 2.18. The van der Waals surface area contributed by atoms with Crippen LogP contribution in [0.3, 0.4) is 0 Å². The molecule has 0 bridgehead atoms. The van der Waals surface area contributed by atoms with Gasteiger partial charge in [0.15, 0.2) is 0 Å². The number of hydrogen-bond donors (Lipinski definition) is 2. The molecular weight excluding hydrogens is 252 g/mol. The van der Waals surface area contributed by atoms with Gasteiger partial charge in [0.25, 0.3) is 0 Å². The average Bonchev–Trinajstić information content (AvgIpc) is 2.17. The summed E-state index contributed by atoms with van der Waals surface area (Å²) in [7, 11) is -3.78. The minimum absolute atomic E-state index is 0.0116. The highest BCUT2D eigenvalue weighted by atomic mass is 32.2. The van der Waals surface area contributed by atoms with Crippen molar-refractivity contribution in [2.75, 3.05) is 5.32 Å². The number of carbonyl (C=O) groups is 1. The standard InChI is InChI=1S/C12H16N2O3S/c1-8(2)6-12(15)14-10-5-4-9(3)11(7-10)18(13,16)17/h4-7H,1-3H3,(H,14,15)(H2,13,16,17). The van der Waals surface area contributed by atoms with E-state index in [4.69, 9.17) is 5.14 Å². The van der Waals surface area contributed by atoms with E-state index in [1.165, 1.54) is 12.1 Å². The Bertz CT molecular complexity index is 600. The fourth-order valence-corrected chi connectivity index (χ4v) is 2.23. The minimum Gasteiger partial charge on any atom is -0.322 e. The summed E-state index contributed by atoms with van der Waals surface area (Å²) in [6.07, 6.45) is 1.43. The van der Waals surface area contributed by atoms with Crippen molar-refractivity contribution in [3.63, 3.8) is 0 Å². The molecule has 0 aromatic heterocycles.